The Hall–Kier alpha value is -1.75. The molecule has 0 bridgehead atoms. The number of aryl methyl sites for hydroxylation is 1. The maximum absolute atomic E-state index is 10.0. The van der Waals surface area contributed by atoms with Crippen LogP contribution in [0, 0.1) is 0 Å². The van der Waals surface area contributed by atoms with Gasteiger partial charge in [0.1, 0.15) is 12.4 Å². The van der Waals surface area contributed by atoms with Crippen LogP contribution in [0.2, 0.25) is 0 Å². The Kier molecular flexibility index (Phi) is 3.26. The molecule has 84 valence electrons. The molecule has 5 nitrogen and oxygen atoms in total. The van der Waals surface area contributed by atoms with Gasteiger partial charge in [-0.2, -0.15) is 5.10 Å². The van der Waals surface area contributed by atoms with Gasteiger partial charge in [-0.15, -0.1) is 0 Å². The van der Waals surface area contributed by atoms with Crippen LogP contribution in [0.3, 0.4) is 0 Å². The number of nitrogens with zero attached hydrogens (tertiary/aromatic N) is 4. The molecule has 2 rings (SSSR count). The van der Waals surface area contributed by atoms with Crippen molar-refractivity contribution in [2.75, 3.05) is 0 Å². The van der Waals surface area contributed by atoms with Gasteiger partial charge < -0.3 is 5.11 Å². The highest BCUT2D eigenvalue weighted by Crippen LogP contribution is 2.19. The molecule has 0 fully saturated rings. The van der Waals surface area contributed by atoms with E-state index in [1.165, 1.54) is 6.33 Å². The van der Waals surface area contributed by atoms with E-state index in [-0.39, 0.29) is 0 Å². The number of aromatic nitrogens is 4. The van der Waals surface area contributed by atoms with Crippen molar-refractivity contribution >= 4 is 0 Å². The van der Waals surface area contributed by atoms with Crippen LogP contribution in [-0.4, -0.2) is 24.9 Å². The van der Waals surface area contributed by atoms with E-state index in [0.717, 1.165) is 18.5 Å². The molecule has 16 heavy (non-hydrogen) atoms. The van der Waals surface area contributed by atoms with Crippen molar-refractivity contribution in [3.05, 3.63) is 42.2 Å². The minimum absolute atomic E-state index is 0.679. The lowest BCUT2D eigenvalue weighted by atomic mass is 10.1. The van der Waals surface area contributed by atoms with Crippen LogP contribution in [0.15, 0.2) is 31.1 Å². The first-order valence-corrected chi connectivity index (χ1v) is 5.26. The molecule has 2 aromatic heterocycles. The van der Waals surface area contributed by atoms with Gasteiger partial charge in [-0.3, -0.25) is 4.68 Å². The van der Waals surface area contributed by atoms with E-state index in [0.29, 0.717) is 5.56 Å². The predicted molar refractivity (Wildman–Crippen MR) is 58.6 cm³/mol. The summed E-state index contributed by atoms with van der Waals surface area (Å²) in [4.78, 5) is 7.75. The van der Waals surface area contributed by atoms with E-state index in [4.69, 9.17) is 0 Å². The highest BCUT2D eigenvalue weighted by molar-refractivity contribution is 5.21. The first kappa shape index (κ1) is 10.8. The molecule has 5 heteroatoms. The van der Waals surface area contributed by atoms with Crippen molar-refractivity contribution in [3.8, 4) is 0 Å². The normalized spacial score (nSPS) is 12.6. The van der Waals surface area contributed by atoms with Crippen LogP contribution in [0.5, 0.6) is 0 Å². The van der Waals surface area contributed by atoms with Gasteiger partial charge in [0, 0.05) is 36.3 Å². The molecule has 1 N–H and O–H groups in total. The summed E-state index contributed by atoms with van der Waals surface area (Å²) in [7, 11) is 0. The number of rotatable bonds is 4. The predicted octanol–water partition coefficient (Wildman–Crippen LogP) is 1.16. The summed E-state index contributed by atoms with van der Waals surface area (Å²) in [5.41, 5.74) is 1.45. The number of hydrogen-bond acceptors (Lipinski definition) is 4. The quantitative estimate of drug-likeness (QED) is 0.836. The molecule has 0 saturated heterocycles. The van der Waals surface area contributed by atoms with Crippen molar-refractivity contribution in [2.24, 2.45) is 0 Å². The number of hydrogen-bond donors (Lipinski definition) is 1. The number of aliphatic hydroxyl groups excluding tert-OH is 1. The summed E-state index contributed by atoms with van der Waals surface area (Å²) in [6, 6.07) is 0. The van der Waals surface area contributed by atoms with Gasteiger partial charge >= 0.3 is 0 Å². The summed E-state index contributed by atoms with van der Waals surface area (Å²) in [5.74, 6) is 0. The average molecular weight is 218 g/mol. The zero-order chi connectivity index (χ0) is 11.4. The molecule has 0 aliphatic heterocycles. The van der Waals surface area contributed by atoms with Crippen molar-refractivity contribution in [1.82, 2.24) is 19.7 Å². The van der Waals surface area contributed by atoms with E-state index in [1.54, 1.807) is 18.6 Å². The summed E-state index contributed by atoms with van der Waals surface area (Å²) in [6.07, 6.45) is 8.49. The lowest BCUT2D eigenvalue weighted by Crippen LogP contribution is -2.00. The Bertz CT molecular complexity index is 440. The third-order valence-electron chi connectivity index (χ3n) is 2.32. The van der Waals surface area contributed by atoms with E-state index in [2.05, 4.69) is 22.0 Å². The second-order valence-corrected chi connectivity index (χ2v) is 3.61. The third kappa shape index (κ3) is 2.25. The molecule has 0 radical (unpaired) electrons. The molecule has 2 heterocycles. The molecule has 1 unspecified atom stereocenters. The standard InChI is InChI=1S/C11H14N4O/c1-2-3-15-7-10(6-14-15)11(16)9-4-12-8-13-5-9/h4-8,11,16H,2-3H2,1H3. The van der Waals surface area contributed by atoms with Crippen LogP contribution < -0.4 is 0 Å². The Morgan fingerprint density at radius 2 is 2.00 bits per heavy atom. The fourth-order valence-corrected chi connectivity index (χ4v) is 1.52. The van der Waals surface area contributed by atoms with Crippen molar-refractivity contribution in [1.29, 1.82) is 0 Å². The first-order chi connectivity index (χ1) is 7.81. The first-order valence-electron chi connectivity index (χ1n) is 5.26. The molecule has 0 aliphatic rings. The van der Waals surface area contributed by atoms with Gasteiger partial charge in [0.15, 0.2) is 0 Å². The van der Waals surface area contributed by atoms with Gasteiger partial charge in [-0.1, -0.05) is 6.92 Å². The van der Waals surface area contributed by atoms with Crippen LogP contribution >= 0.6 is 0 Å². The van der Waals surface area contributed by atoms with Crippen LogP contribution in [0.1, 0.15) is 30.6 Å². The lowest BCUT2D eigenvalue weighted by molar-refractivity contribution is 0.219. The average Bonchev–Trinajstić information content (AvgIpc) is 2.78. The molecule has 0 saturated carbocycles. The molecular formula is C11H14N4O. The minimum atomic E-state index is -0.702. The minimum Gasteiger partial charge on any atom is -0.383 e. The smallest absolute Gasteiger partial charge is 0.115 e. The Labute approximate surface area is 93.8 Å². The summed E-state index contributed by atoms with van der Waals surface area (Å²) >= 11 is 0. The maximum Gasteiger partial charge on any atom is 0.115 e. The van der Waals surface area contributed by atoms with E-state index < -0.39 is 6.10 Å². The molecule has 1 atom stereocenters. The maximum atomic E-state index is 10.0. The fraction of sp³-hybridized carbons (Fsp3) is 0.364. The van der Waals surface area contributed by atoms with Gasteiger partial charge in [0.2, 0.25) is 0 Å². The topological polar surface area (TPSA) is 63.8 Å². The Balaban J connectivity index is 2.17. The zero-order valence-corrected chi connectivity index (χ0v) is 9.11. The highest BCUT2D eigenvalue weighted by atomic mass is 16.3. The van der Waals surface area contributed by atoms with Crippen molar-refractivity contribution in [3.63, 3.8) is 0 Å². The second kappa shape index (κ2) is 4.85. The van der Waals surface area contributed by atoms with Gasteiger partial charge in [0.25, 0.3) is 0 Å². The molecule has 0 aliphatic carbocycles. The monoisotopic (exact) mass is 218 g/mol. The van der Waals surface area contributed by atoms with Crippen molar-refractivity contribution in [2.45, 2.75) is 26.0 Å². The van der Waals surface area contributed by atoms with Gasteiger partial charge in [0.05, 0.1) is 6.20 Å². The molecule has 0 aromatic carbocycles. The van der Waals surface area contributed by atoms with E-state index >= 15 is 0 Å². The van der Waals surface area contributed by atoms with Gasteiger partial charge in [-0.25, -0.2) is 9.97 Å². The molecule has 0 amide bonds. The fourth-order valence-electron chi connectivity index (χ4n) is 1.52. The third-order valence-corrected chi connectivity index (χ3v) is 2.32. The van der Waals surface area contributed by atoms with E-state index in [1.807, 2.05) is 10.9 Å². The Morgan fingerprint density at radius 1 is 1.25 bits per heavy atom. The van der Waals surface area contributed by atoms with Crippen LogP contribution in [-0.2, 0) is 6.54 Å². The Morgan fingerprint density at radius 3 is 2.69 bits per heavy atom. The van der Waals surface area contributed by atoms with Crippen molar-refractivity contribution < 1.29 is 5.11 Å². The second-order valence-electron chi connectivity index (χ2n) is 3.61. The lowest BCUT2D eigenvalue weighted by Gasteiger charge is -2.06. The summed E-state index contributed by atoms with van der Waals surface area (Å²) in [6.45, 7) is 2.95. The molecule has 0 spiro atoms. The highest BCUT2D eigenvalue weighted by Gasteiger charge is 2.12. The molecular weight excluding hydrogens is 204 g/mol. The van der Waals surface area contributed by atoms with Crippen LogP contribution in [0.4, 0.5) is 0 Å². The van der Waals surface area contributed by atoms with Crippen LogP contribution in [0.25, 0.3) is 0 Å². The summed E-state index contributed by atoms with van der Waals surface area (Å²) < 4.78 is 1.82. The van der Waals surface area contributed by atoms with E-state index in [9.17, 15) is 5.11 Å². The van der Waals surface area contributed by atoms with Gasteiger partial charge in [-0.05, 0) is 6.42 Å². The summed E-state index contributed by atoms with van der Waals surface area (Å²) in [5, 5.41) is 14.2. The number of aliphatic hydroxyl groups is 1. The molecule has 2 aromatic rings. The zero-order valence-electron chi connectivity index (χ0n) is 9.11. The SMILES string of the molecule is CCCn1cc(C(O)c2cncnc2)cn1. The largest absolute Gasteiger partial charge is 0.383 e.